The number of rotatable bonds is 4. The Balaban J connectivity index is 2.42. The number of amides is 1. The molecule has 1 fully saturated rings. The van der Waals surface area contributed by atoms with Crippen LogP contribution in [0.2, 0.25) is 0 Å². The summed E-state index contributed by atoms with van der Waals surface area (Å²) in [7, 11) is 0. The van der Waals surface area contributed by atoms with Crippen LogP contribution < -0.4 is 5.32 Å². The first kappa shape index (κ1) is 14.0. The summed E-state index contributed by atoms with van der Waals surface area (Å²) >= 11 is 0. The summed E-state index contributed by atoms with van der Waals surface area (Å²) in [5.41, 5.74) is 0.829. The first-order chi connectivity index (χ1) is 8.08. The third-order valence-corrected chi connectivity index (χ3v) is 3.44. The van der Waals surface area contributed by atoms with Gasteiger partial charge in [-0.05, 0) is 20.3 Å². The van der Waals surface area contributed by atoms with E-state index in [4.69, 9.17) is 5.21 Å². The third-order valence-electron chi connectivity index (χ3n) is 3.44. The smallest absolute Gasteiger partial charge is 0.237 e. The standard InChI is InChI=1S/C12H23N3O2/c1-4-9(2)13-12(16)10(3)15-7-5-11(14-17)6-8-15/h9-10,17H,4-8H2,1-3H3,(H,13,16). The van der Waals surface area contributed by atoms with Gasteiger partial charge in [0.25, 0.3) is 0 Å². The van der Waals surface area contributed by atoms with E-state index in [1.807, 2.05) is 13.8 Å². The van der Waals surface area contributed by atoms with Crippen LogP contribution in [0.25, 0.3) is 0 Å². The SMILES string of the molecule is CCC(C)NC(=O)C(C)N1CCC(=NO)CC1. The molecule has 0 aromatic carbocycles. The van der Waals surface area contributed by atoms with Crippen molar-refractivity contribution in [3.8, 4) is 0 Å². The highest BCUT2D eigenvalue weighted by Gasteiger charge is 2.25. The first-order valence-corrected chi connectivity index (χ1v) is 6.32. The molecule has 1 aliphatic heterocycles. The van der Waals surface area contributed by atoms with Crippen LogP contribution in [-0.2, 0) is 4.79 Å². The van der Waals surface area contributed by atoms with E-state index in [9.17, 15) is 4.79 Å². The van der Waals surface area contributed by atoms with Gasteiger partial charge in [-0.25, -0.2) is 0 Å². The highest BCUT2D eigenvalue weighted by molar-refractivity contribution is 5.86. The number of piperidine rings is 1. The number of carbonyl (C=O) groups excluding carboxylic acids is 1. The van der Waals surface area contributed by atoms with Crippen LogP contribution in [0, 0.1) is 0 Å². The fourth-order valence-electron chi connectivity index (χ4n) is 1.90. The fourth-order valence-corrected chi connectivity index (χ4v) is 1.90. The molecule has 1 heterocycles. The molecular weight excluding hydrogens is 218 g/mol. The van der Waals surface area contributed by atoms with Crippen molar-refractivity contribution < 1.29 is 10.0 Å². The number of nitrogens with zero attached hydrogens (tertiary/aromatic N) is 2. The van der Waals surface area contributed by atoms with Crippen LogP contribution >= 0.6 is 0 Å². The van der Waals surface area contributed by atoms with E-state index in [0.717, 1.165) is 38.1 Å². The van der Waals surface area contributed by atoms with Crippen molar-refractivity contribution in [2.45, 2.75) is 52.1 Å². The van der Waals surface area contributed by atoms with E-state index < -0.39 is 0 Å². The largest absolute Gasteiger partial charge is 0.411 e. The van der Waals surface area contributed by atoms with Crippen LogP contribution in [-0.4, -0.2) is 46.9 Å². The van der Waals surface area contributed by atoms with E-state index in [2.05, 4.69) is 22.3 Å². The van der Waals surface area contributed by atoms with Gasteiger partial charge in [-0.1, -0.05) is 12.1 Å². The first-order valence-electron chi connectivity index (χ1n) is 6.32. The van der Waals surface area contributed by atoms with Crippen molar-refractivity contribution in [1.82, 2.24) is 10.2 Å². The summed E-state index contributed by atoms with van der Waals surface area (Å²) in [4.78, 5) is 14.1. The number of likely N-dealkylation sites (tertiary alicyclic amines) is 1. The van der Waals surface area contributed by atoms with Gasteiger partial charge >= 0.3 is 0 Å². The highest BCUT2D eigenvalue weighted by atomic mass is 16.4. The molecule has 0 spiro atoms. The van der Waals surface area contributed by atoms with Gasteiger partial charge in [0.1, 0.15) is 0 Å². The predicted molar refractivity (Wildman–Crippen MR) is 67.4 cm³/mol. The molecule has 2 N–H and O–H groups in total. The molecule has 17 heavy (non-hydrogen) atoms. The minimum atomic E-state index is -0.107. The monoisotopic (exact) mass is 241 g/mol. The molecule has 1 amide bonds. The second-order valence-electron chi connectivity index (χ2n) is 4.70. The molecule has 0 saturated carbocycles. The number of nitrogens with one attached hydrogen (secondary N) is 1. The molecule has 1 aliphatic rings. The fraction of sp³-hybridized carbons (Fsp3) is 0.833. The second-order valence-corrected chi connectivity index (χ2v) is 4.70. The Morgan fingerprint density at radius 1 is 1.47 bits per heavy atom. The van der Waals surface area contributed by atoms with Crippen molar-refractivity contribution in [1.29, 1.82) is 0 Å². The predicted octanol–water partition coefficient (Wildman–Crippen LogP) is 1.22. The van der Waals surface area contributed by atoms with Gasteiger partial charge in [0.2, 0.25) is 5.91 Å². The molecule has 0 radical (unpaired) electrons. The van der Waals surface area contributed by atoms with Crippen LogP contribution in [0.1, 0.15) is 40.0 Å². The summed E-state index contributed by atoms with van der Waals surface area (Å²) in [6.45, 7) is 7.57. The molecule has 1 saturated heterocycles. The maximum absolute atomic E-state index is 11.9. The molecular formula is C12H23N3O2. The van der Waals surface area contributed by atoms with Crippen molar-refractivity contribution >= 4 is 11.6 Å². The third kappa shape index (κ3) is 4.00. The summed E-state index contributed by atoms with van der Waals surface area (Å²) in [6, 6.07) is 0.119. The molecule has 5 heteroatoms. The van der Waals surface area contributed by atoms with Crippen molar-refractivity contribution in [2.75, 3.05) is 13.1 Å². The van der Waals surface area contributed by atoms with Crippen LogP contribution in [0.3, 0.4) is 0 Å². The van der Waals surface area contributed by atoms with Gasteiger partial charge in [-0.2, -0.15) is 0 Å². The van der Waals surface area contributed by atoms with E-state index in [0.29, 0.717) is 0 Å². The van der Waals surface area contributed by atoms with Gasteiger partial charge in [0.05, 0.1) is 11.8 Å². The van der Waals surface area contributed by atoms with E-state index in [-0.39, 0.29) is 18.0 Å². The zero-order valence-electron chi connectivity index (χ0n) is 10.9. The normalized spacial score (nSPS) is 20.8. The molecule has 1 rings (SSSR count). The number of carbonyl (C=O) groups is 1. The van der Waals surface area contributed by atoms with Crippen LogP contribution in [0.5, 0.6) is 0 Å². The zero-order valence-corrected chi connectivity index (χ0v) is 10.9. The van der Waals surface area contributed by atoms with Gasteiger partial charge in [0, 0.05) is 32.0 Å². The Hall–Kier alpha value is -1.10. The van der Waals surface area contributed by atoms with Crippen LogP contribution in [0.4, 0.5) is 0 Å². The van der Waals surface area contributed by atoms with Crippen molar-refractivity contribution in [3.63, 3.8) is 0 Å². The van der Waals surface area contributed by atoms with Crippen molar-refractivity contribution in [3.05, 3.63) is 0 Å². The van der Waals surface area contributed by atoms with Gasteiger partial charge in [-0.3, -0.25) is 9.69 Å². The van der Waals surface area contributed by atoms with Crippen LogP contribution in [0.15, 0.2) is 5.16 Å². The summed E-state index contributed by atoms with van der Waals surface area (Å²) in [5.74, 6) is 0.0868. The molecule has 0 aromatic rings. The quantitative estimate of drug-likeness (QED) is 0.574. The molecule has 2 unspecified atom stereocenters. The minimum Gasteiger partial charge on any atom is -0.411 e. The van der Waals surface area contributed by atoms with Gasteiger partial charge in [-0.15, -0.1) is 0 Å². The number of hydrogen-bond donors (Lipinski definition) is 2. The Labute approximate surface area is 103 Å². The Kier molecular flexibility index (Phi) is 5.41. The minimum absolute atomic E-state index is 0.0868. The Morgan fingerprint density at radius 3 is 2.53 bits per heavy atom. The topological polar surface area (TPSA) is 64.9 Å². The summed E-state index contributed by atoms with van der Waals surface area (Å²) in [6.07, 6.45) is 2.44. The lowest BCUT2D eigenvalue weighted by Gasteiger charge is -2.32. The molecule has 2 atom stereocenters. The lowest BCUT2D eigenvalue weighted by Crippen LogP contribution is -2.50. The number of oxime groups is 1. The summed E-state index contributed by atoms with van der Waals surface area (Å²) in [5, 5.41) is 14.9. The number of hydrogen-bond acceptors (Lipinski definition) is 4. The zero-order chi connectivity index (χ0) is 12.8. The Morgan fingerprint density at radius 2 is 2.06 bits per heavy atom. The van der Waals surface area contributed by atoms with E-state index >= 15 is 0 Å². The average Bonchev–Trinajstić information content (AvgIpc) is 2.37. The molecule has 0 aliphatic carbocycles. The van der Waals surface area contributed by atoms with Crippen molar-refractivity contribution in [2.24, 2.45) is 5.16 Å². The highest BCUT2D eigenvalue weighted by Crippen LogP contribution is 2.11. The molecule has 0 aromatic heterocycles. The van der Waals surface area contributed by atoms with Gasteiger partial charge in [0.15, 0.2) is 0 Å². The molecule has 0 bridgehead atoms. The second kappa shape index (κ2) is 6.59. The van der Waals surface area contributed by atoms with E-state index in [1.165, 1.54) is 0 Å². The lowest BCUT2D eigenvalue weighted by atomic mass is 10.1. The lowest BCUT2D eigenvalue weighted by molar-refractivity contribution is -0.126. The van der Waals surface area contributed by atoms with Gasteiger partial charge < -0.3 is 10.5 Å². The Bertz CT molecular complexity index is 281. The maximum Gasteiger partial charge on any atom is 0.237 e. The maximum atomic E-state index is 11.9. The molecule has 5 nitrogen and oxygen atoms in total. The molecule has 98 valence electrons. The van der Waals surface area contributed by atoms with E-state index in [1.54, 1.807) is 0 Å². The summed E-state index contributed by atoms with van der Waals surface area (Å²) < 4.78 is 0. The average molecular weight is 241 g/mol.